The van der Waals surface area contributed by atoms with Crippen molar-refractivity contribution >= 4 is 23.8 Å². The van der Waals surface area contributed by atoms with Crippen molar-refractivity contribution in [3.63, 3.8) is 0 Å². The molecule has 1 amide bonds. The first kappa shape index (κ1) is 14.3. The van der Waals surface area contributed by atoms with Gasteiger partial charge in [0, 0.05) is 34.2 Å². The average molecular weight is 279 g/mol. The number of rotatable bonds is 5. The number of hydrogen-bond acceptors (Lipinski definition) is 7. The molecule has 1 unspecified atom stereocenters. The van der Waals surface area contributed by atoms with Crippen LogP contribution in [0.3, 0.4) is 0 Å². The monoisotopic (exact) mass is 279 g/mol. The molecule has 8 heteroatoms. The molecule has 0 saturated carbocycles. The molecule has 2 rings (SSSR count). The lowest BCUT2D eigenvalue weighted by Crippen LogP contribution is -2.32. The summed E-state index contributed by atoms with van der Waals surface area (Å²) in [6.07, 6.45) is 0.759. The van der Waals surface area contributed by atoms with Gasteiger partial charge in [-0.3, -0.25) is 4.79 Å². The third-order valence-corrected chi connectivity index (χ3v) is 3.09. The summed E-state index contributed by atoms with van der Waals surface area (Å²) in [7, 11) is 5.53. The van der Waals surface area contributed by atoms with Gasteiger partial charge < -0.3 is 20.4 Å². The van der Waals surface area contributed by atoms with Crippen LogP contribution in [0.1, 0.15) is 13.3 Å². The zero-order valence-electron chi connectivity index (χ0n) is 12.3. The molecule has 0 bridgehead atoms. The Bertz CT molecular complexity index is 491. The van der Waals surface area contributed by atoms with Gasteiger partial charge in [-0.15, -0.1) is 0 Å². The molecule has 2 N–H and O–H groups in total. The first-order chi connectivity index (χ1) is 9.51. The molecule has 1 aliphatic heterocycles. The highest BCUT2D eigenvalue weighted by atomic mass is 16.2. The molecule has 0 aromatic carbocycles. The lowest BCUT2D eigenvalue weighted by atomic mass is 10.2. The van der Waals surface area contributed by atoms with Crippen LogP contribution in [0.5, 0.6) is 0 Å². The zero-order valence-corrected chi connectivity index (χ0v) is 12.3. The molecule has 2 heterocycles. The van der Waals surface area contributed by atoms with Gasteiger partial charge in [-0.2, -0.15) is 15.0 Å². The van der Waals surface area contributed by atoms with Gasteiger partial charge in [0.25, 0.3) is 0 Å². The van der Waals surface area contributed by atoms with E-state index in [1.807, 2.05) is 21.0 Å². The Labute approximate surface area is 118 Å². The molecule has 1 fully saturated rings. The maximum atomic E-state index is 11.9. The van der Waals surface area contributed by atoms with E-state index >= 15 is 0 Å². The molecular weight excluding hydrogens is 258 g/mol. The Kier molecular flexibility index (Phi) is 4.21. The van der Waals surface area contributed by atoms with Crippen LogP contribution in [0.4, 0.5) is 17.8 Å². The largest absolute Gasteiger partial charge is 0.354 e. The summed E-state index contributed by atoms with van der Waals surface area (Å²) < 4.78 is 0. The number of nitrogens with zero attached hydrogens (tertiary/aromatic N) is 5. The molecular formula is C12H21N7O. The molecule has 1 atom stereocenters. The van der Waals surface area contributed by atoms with Gasteiger partial charge in [-0.1, -0.05) is 0 Å². The molecule has 0 aliphatic carbocycles. The minimum atomic E-state index is -0.258. The van der Waals surface area contributed by atoms with Gasteiger partial charge >= 0.3 is 0 Å². The van der Waals surface area contributed by atoms with E-state index < -0.39 is 0 Å². The number of likely N-dealkylation sites (tertiary alicyclic amines) is 1. The fourth-order valence-corrected chi connectivity index (χ4v) is 1.98. The van der Waals surface area contributed by atoms with Gasteiger partial charge in [0.15, 0.2) is 0 Å². The summed E-state index contributed by atoms with van der Waals surface area (Å²) in [5, 5.41) is 6.16. The quantitative estimate of drug-likeness (QED) is 0.785. The Hall–Kier alpha value is -2.12. The Morgan fingerprint density at radius 1 is 1.30 bits per heavy atom. The van der Waals surface area contributed by atoms with Crippen LogP contribution in [-0.4, -0.2) is 66.0 Å². The molecule has 0 radical (unpaired) electrons. The van der Waals surface area contributed by atoms with Gasteiger partial charge in [0.1, 0.15) is 6.04 Å². The fourth-order valence-electron chi connectivity index (χ4n) is 1.98. The third kappa shape index (κ3) is 3.06. The van der Waals surface area contributed by atoms with E-state index in [9.17, 15) is 4.79 Å². The minimum Gasteiger partial charge on any atom is -0.354 e. The standard InChI is InChI=1S/C12H21N7O/c1-5-13-10-15-11(17-12(16-10)18(2)3)14-8-6-7-19(4)9(8)20/h8H,5-7H2,1-4H3,(H2,13,14,15,16,17). The van der Waals surface area contributed by atoms with Crippen molar-refractivity contribution in [3.05, 3.63) is 0 Å². The lowest BCUT2D eigenvalue weighted by molar-refractivity contribution is -0.127. The van der Waals surface area contributed by atoms with Crippen LogP contribution in [0.2, 0.25) is 0 Å². The second-order valence-corrected chi connectivity index (χ2v) is 4.95. The first-order valence-electron chi connectivity index (χ1n) is 6.70. The summed E-state index contributed by atoms with van der Waals surface area (Å²) in [5.41, 5.74) is 0. The van der Waals surface area contributed by atoms with Gasteiger partial charge in [0.05, 0.1) is 0 Å². The molecule has 1 aromatic rings. The highest BCUT2D eigenvalue weighted by Gasteiger charge is 2.29. The lowest BCUT2D eigenvalue weighted by Gasteiger charge is -2.16. The highest BCUT2D eigenvalue weighted by molar-refractivity contribution is 5.86. The van der Waals surface area contributed by atoms with E-state index in [1.165, 1.54) is 0 Å². The van der Waals surface area contributed by atoms with E-state index in [1.54, 1.807) is 16.8 Å². The van der Waals surface area contributed by atoms with Crippen LogP contribution in [-0.2, 0) is 4.79 Å². The van der Waals surface area contributed by atoms with Crippen molar-refractivity contribution in [2.24, 2.45) is 0 Å². The van der Waals surface area contributed by atoms with Gasteiger partial charge in [0.2, 0.25) is 23.8 Å². The number of aromatic nitrogens is 3. The third-order valence-electron chi connectivity index (χ3n) is 3.09. The van der Waals surface area contributed by atoms with E-state index in [0.29, 0.717) is 17.8 Å². The zero-order chi connectivity index (χ0) is 14.7. The summed E-state index contributed by atoms with van der Waals surface area (Å²) in [6, 6.07) is -0.258. The van der Waals surface area contributed by atoms with Crippen molar-refractivity contribution in [3.8, 4) is 0 Å². The van der Waals surface area contributed by atoms with E-state index in [2.05, 4.69) is 25.6 Å². The molecule has 110 valence electrons. The Morgan fingerprint density at radius 3 is 2.55 bits per heavy atom. The van der Waals surface area contributed by atoms with Crippen LogP contribution >= 0.6 is 0 Å². The maximum absolute atomic E-state index is 11.9. The molecule has 1 saturated heterocycles. The van der Waals surface area contributed by atoms with E-state index in [4.69, 9.17) is 0 Å². The summed E-state index contributed by atoms with van der Waals surface area (Å²) in [5.74, 6) is 1.56. The number of carbonyl (C=O) groups excluding carboxylic acids is 1. The average Bonchev–Trinajstić information content (AvgIpc) is 2.71. The molecule has 1 aliphatic rings. The fraction of sp³-hybridized carbons (Fsp3) is 0.667. The first-order valence-corrected chi connectivity index (χ1v) is 6.70. The minimum absolute atomic E-state index is 0.0711. The number of likely N-dealkylation sites (N-methyl/N-ethyl adjacent to an activating group) is 1. The topological polar surface area (TPSA) is 86.3 Å². The Morgan fingerprint density at radius 2 is 2.00 bits per heavy atom. The number of carbonyl (C=O) groups is 1. The SMILES string of the molecule is CCNc1nc(NC2CCN(C)C2=O)nc(N(C)C)n1. The van der Waals surface area contributed by atoms with Gasteiger partial charge in [-0.25, -0.2) is 0 Å². The second-order valence-electron chi connectivity index (χ2n) is 4.95. The molecule has 20 heavy (non-hydrogen) atoms. The predicted molar refractivity (Wildman–Crippen MR) is 78.0 cm³/mol. The summed E-state index contributed by atoms with van der Waals surface area (Å²) >= 11 is 0. The van der Waals surface area contributed by atoms with E-state index in [-0.39, 0.29) is 11.9 Å². The van der Waals surface area contributed by atoms with Crippen LogP contribution in [0, 0.1) is 0 Å². The Balaban J connectivity index is 2.20. The second kappa shape index (κ2) is 5.89. The molecule has 0 spiro atoms. The van der Waals surface area contributed by atoms with Crippen molar-refractivity contribution in [1.29, 1.82) is 0 Å². The van der Waals surface area contributed by atoms with Crippen molar-refractivity contribution in [1.82, 2.24) is 19.9 Å². The number of nitrogens with one attached hydrogen (secondary N) is 2. The van der Waals surface area contributed by atoms with Crippen LogP contribution in [0.25, 0.3) is 0 Å². The van der Waals surface area contributed by atoms with Crippen molar-refractivity contribution in [2.45, 2.75) is 19.4 Å². The highest BCUT2D eigenvalue weighted by Crippen LogP contribution is 2.16. The van der Waals surface area contributed by atoms with Crippen LogP contribution < -0.4 is 15.5 Å². The smallest absolute Gasteiger partial charge is 0.244 e. The van der Waals surface area contributed by atoms with Gasteiger partial charge in [-0.05, 0) is 13.3 Å². The summed E-state index contributed by atoms with van der Waals surface area (Å²) in [6.45, 7) is 3.45. The molecule has 8 nitrogen and oxygen atoms in total. The van der Waals surface area contributed by atoms with E-state index in [0.717, 1.165) is 19.5 Å². The predicted octanol–water partition coefficient (Wildman–Crippen LogP) is 0.0120. The molecule has 1 aromatic heterocycles. The van der Waals surface area contributed by atoms with Crippen LogP contribution in [0.15, 0.2) is 0 Å². The summed E-state index contributed by atoms with van der Waals surface area (Å²) in [4.78, 5) is 28.3. The maximum Gasteiger partial charge on any atom is 0.244 e. The normalized spacial score (nSPS) is 18.3. The number of anilines is 3. The van der Waals surface area contributed by atoms with Crippen molar-refractivity contribution in [2.75, 3.05) is 49.8 Å². The number of amides is 1. The van der Waals surface area contributed by atoms with Crippen molar-refractivity contribution < 1.29 is 4.79 Å². The number of hydrogen-bond donors (Lipinski definition) is 2.